The molecule has 7 heteroatoms. The molecule has 1 aromatic carbocycles. The lowest BCUT2D eigenvalue weighted by molar-refractivity contribution is -0.137. The number of halogens is 4. The molecule has 0 N–H and O–H groups in total. The van der Waals surface area contributed by atoms with Crippen molar-refractivity contribution in [2.24, 2.45) is 0 Å². The number of esters is 1. The van der Waals surface area contributed by atoms with Gasteiger partial charge in [0, 0.05) is 11.9 Å². The fourth-order valence-electron chi connectivity index (χ4n) is 2.71. The number of ether oxygens (including phenoxy) is 1. The molecule has 3 nitrogen and oxygen atoms in total. The SMILES string of the molecule is COC(=O)c1cc(C)c(CCc2cc(C(F)(F)F)c(Cl)cn2)c(C)c1. The Bertz CT molecular complexity index is 780. The highest BCUT2D eigenvalue weighted by Crippen LogP contribution is 2.34. The Balaban J connectivity index is 2.24. The van der Waals surface area contributed by atoms with E-state index in [1.165, 1.54) is 7.11 Å². The number of carbonyl (C=O) groups is 1. The molecular formula is C18H17ClF3NO2. The van der Waals surface area contributed by atoms with Crippen LogP contribution in [0.4, 0.5) is 13.2 Å². The van der Waals surface area contributed by atoms with Crippen molar-refractivity contribution in [3.63, 3.8) is 0 Å². The number of benzene rings is 1. The maximum Gasteiger partial charge on any atom is 0.417 e. The molecule has 0 radical (unpaired) electrons. The van der Waals surface area contributed by atoms with Crippen LogP contribution in [0.1, 0.15) is 38.3 Å². The number of methoxy groups -OCH3 is 1. The van der Waals surface area contributed by atoms with Crippen molar-refractivity contribution in [1.82, 2.24) is 4.98 Å². The van der Waals surface area contributed by atoms with E-state index < -0.39 is 22.7 Å². The average Bonchev–Trinajstić information content (AvgIpc) is 2.53. The molecule has 0 spiro atoms. The molecule has 0 amide bonds. The quantitative estimate of drug-likeness (QED) is 0.714. The Hall–Kier alpha value is -2.08. The fourth-order valence-corrected chi connectivity index (χ4v) is 2.92. The van der Waals surface area contributed by atoms with Gasteiger partial charge in [0.25, 0.3) is 0 Å². The zero-order valence-corrected chi connectivity index (χ0v) is 14.8. The summed E-state index contributed by atoms with van der Waals surface area (Å²) in [4.78, 5) is 15.6. The summed E-state index contributed by atoms with van der Waals surface area (Å²) in [7, 11) is 1.31. The third kappa shape index (κ3) is 4.51. The molecule has 0 fully saturated rings. The minimum atomic E-state index is -4.51. The molecule has 0 aliphatic rings. The van der Waals surface area contributed by atoms with E-state index in [0.717, 1.165) is 29.0 Å². The van der Waals surface area contributed by atoms with Crippen LogP contribution >= 0.6 is 11.6 Å². The van der Waals surface area contributed by atoms with Crippen LogP contribution in [0.25, 0.3) is 0 Å². The van der Waals surface area contributed by atoms with E-state index in [2.05, 4.69) is 4.98 Å². The van der Waals surface area contributed by atoms with Gasteiger partial charge in [-0.15, -0.1) is 0 Å². The van der Waals surface area contributed by atoms with Crippen molar-refractivity contribution in [3.8, 4) is 0 Å². The van der Waals surface area contributed by atoms with Crippen LogP contribution in [0.3, 0.4) is 0 Å². The van der Waals surface area contributed by atoms with E-state index in [9.17, 15) is 18.0 Å². The first-order valence-corrected chi connectivity index (χ1v) is 7.91. The molecule has 0 unspecified atom stereocenters. The molecule has 25 heavy (non-hydrogen) atoms. The molecule has 1 aromatic heterocycles. The molecule has 1 heterocycles. The van der Waals surface area contributed by atoms with Gasteiger partial charge in [0.1, 0.15) is 0 Å². The normalized spacial score (nSPS) is 11.5. The minimum absolute atomic E-state index is 0.313. The third-order valence-electron chi connectivity index (χ3n) is 3.97. The lowest BCUT2D eigenvalue weighted by atomic mass is 9.95. The van der Waals surface area contributed by atoms with Crippen LogP contribution in [-0.2, 0) is 23.8 Å². The lowest BCUT2D eigenvalue weighted by Gasteiger charge is -2.13. The summed E-state index contributed by atoms with van der Waals surface area (Å²) in [5, 5.41) is -0.411. The molecular weight excluding hydrogens is 355 g/mol. The first-order valence-electron chi connectivity index (χ1n) is 7.53. The van der Waals surface area contributed by atoms with Gasteiger partial charge in [0.2, 0.25) is 0 Å². The summed E-state index contributed by atoms with van der Waals surface area (Å²) in [6, 6.07) is 4.41. The summed E-state index contributed by atoms with van der Waals surface area (Å²) in [5.74, 6) is -0.424. The lowest BCUT2D eigenvalue weighted by Crippen LogP contribution is -2.09. The number of aryl methyl sites for hydroxylation is 3. The molecule has 0 aliphatic heterocycles. The molecule has 0 saturated heterocycles. The highest BCUT2D eigenvalue weighted by molar-refractivity contribution is 6.31. The number of hydrogen-bond acceptors (Lipinski definition) is 3. The molecule has 134 valence electrons. The Labute approximate surface area is 148 Å². The predicted octanol–water partition coefficient (Wildman–Crippen LogP) is 4.94. The van der Waals surface area contributed by atoms with Gasteiger partial charge in [-0.1, -0.05) is 11.6 Å². The van der Waals surface area contributed by atoms with Crippen molar-refractivity contribution in [3.05, 3.63) is 62.9 Å². The van der Waals surface area contributed by atoms with Crippen molar-refractivity contribution in [1.29, 1.82) is 0 Å². The highest BCUT2D eigenvalue weighted by Gasteiger charge is 2.33. The topological polar surface area (TPSA) is 39.2 Å². The van der Waals surface area contributed by atoms with Gasteiger partial charge in [0.15, 0.2) is 0 Å². The van der Waals surface area contributed by atoms with E-state index >= 15 is 0 Å². The van der Waals surface area contributed by atoms with Gasteiger partial charge in [-0.05, 0) is 61.6 Å². The van der Waals surface area contributed by atoms with E-state index in [1.807, 2.05) is 13.8 Å². The standard InChI is InChI=1S/C18H17ClF3NO2/c1-10-6-12(17(24)25-3)7-11(2)14(10)5-4-13-8-15(18(20,21)22)16(19)9-23-13/h6-9H,4-5H2,1-3H3. The Morgan fingerprint density at radius 2 is 1.76 bits per heavy atom. The third-order valence-corrected chi connectivity index (χ3v) is 4.27. The Morgan fingerprint density at radius 3 is 2.28 bits per heavy atom. The number of alkyl halides is 3. The van der Waals surface area contributed by atoms with Crippen LogP contribution < -0.4 is 0 Å². The molecule has 0 aliphatic carbocycles. The first-order chi connectivity index (χ1) is 11.6. The van der Waals surface area contributed by atoms with E-state index in [0.29, 0.717) is 24.1 Å². The monoisotopic (exact) mass is 371 g/mol. The molecule has 2 rings (SSSR count). The van der Waals surface area contributed by atoms with Crippen molar-refractivity contribution in [2.45, 2.75) is 32.9 Å². The highest BCUT2D eigenvalue weighted by atomic mass is 35.5. The largest absolute Gasteiger partial charge is 0.465 e. The van der Waals surface area contributed by atoms with Gasteiger partial charge in [-0.2, -0.15) is 13.2 Å². The number of hydrogen-bond donors (Lipinski definition) is 0. The van der Waals surface area contributed by atoms with Crippen LogP contribution in [-0.4, -0.2) is 18.1 Å². The van der Waals surface area contributed by atoms with Crippen LogP contribution in [0, 0.1) is 13.8 Å². The Morgan fingerprint density at radius 1 is 1.16 bits per heavy atom. The summed E-state index contributed by atoms with van der Waals surface area (Å²) >= 11 is 5.58. The van der Waals surface area contributed by atoms with Crippen LogP contribution in [0.2, 0.25) is 5.02 Å². The van der Waals surface area contributed by atoms with Gasteiger partial charge < -0.3 is 4.74 Å². The van der Waals surface area contributed by atoms with Crippen molar-refractivity contribution in [2.75, 3.05) is 7.11 Å². The first kappa shape index (κ1) is 19.2. The van der Waals surface area contributed by atoms with E-state index in [4.69, 9.17) is 16.3 Å². The predicted molar refractivity (Wildman–Crippen MR) is 88.9 cm³/mol. The zero-order valence-electron chi connectivity index (χ0n) is 14.0. The van der Waals surface area contributed by atoms with E-state index in [-0.39, 0.29) is 0 Å². The van der Waals surface area contributed by atoms with Gasteiger partial charge in [-0.25, -0.2) is 4.79 Å². The van der Waals surface area contributed by atoms with Gasteiger partial charge in [0.05, 0.1) is 23.3 Å². The maximum atomic E-state index is 12.9. The average molecular weight is 372 g/mol. The second-order valence-corrected chi connectivity index (χ2v) is 6.14. The molecule has 2 aromatic rings. The smallest absolute Gasteiger partial charge is 0.417 e. The molecule has 0 saturated carbocycles. The molecule has 0 bridgehead atoms. The minimum Gasteiger partial charge on any atom is -0.465 e. The second-order valence-electron chi connectivity index (χ2n) is 5.73. The Kier molecular flexibility index (Phi) is 5.72. The van der Waals surface area contributed by atoms with Crippen molar-refractivity contribution < 1.29 is 22.7 Å². The molecule has 0 atom stereocenters. The number of rotatable bonds is 4. The number of nitrogens with zero attached hydrogens (tertiary/aromatic N) is 1. The fraction of sp³-hybridized carbons (Fsp3) is 0.333. The second kappa shape index (κ2) is 7.44. The summed E-state index contributed by atoms with van der Waals surface area (Å²) < 4.78 is 43.5. The van der Waals surface area contributed by atoms with E-state index in [1.54, 1.807) is 12.1 Å². The maximum absolute atomic E-state index is 12.9. The number of pyridine rings is 1. The number of aromatic nitrogens is 1. The number of carbonyl (C=O) groups excluding carboxylic acids is 1. The summed E-state index contributed by atoms with van der Waals surface area (Å²) in [6.07, 6.45) is -2.65. The van der Waals surface area contributed by atoms with Gasteiger partial charge >= 0.3 is 12.1 Å². The van der Waals surface area contributed by atoms with Gasteiger partial charge in [-0.3, -0.25) is 4.98 Å². The summed E-state index contributed by atoms with van der Waals surface area (Å²) in [5.41, 5.74) is 2.61. The van der Waals surface area contributed by atoms with Crippen molar-refractivity contribution >= 4 is 17.6 Å². The zero-order chi connectivity index (χ0) is 18.8. The summed E-state index contributed by atoms with van der Waals surface area (Å²) in [6.45, 7) is 3.70. The van der Waals surface area contributed by atoms with Crippen LogP contribution in [0.5, 0.6) is 0 Å². The van der Waals surface area contributed by atoms with Crippen LogP contribution in [0.15, 0.2) is 24.4 Å².